The van der Waals surface area contributed by atoms with E-state index in [2.05, 4.69) is 11.8 Å². The number of likely N-dealkylation sites (tertiary alicyclic amines) is 1. The smallest absolute Gasteiger partial charge is 0.0541 e. The van der Waals surface area contributed by atoms with Gasteiger partial charge < -0.3 is 5.11 Å². The number of hydrogen-bond donors (Lipinski definition) is 1. The van der Waals surface area contributed by atoms with Crippen molar-refractivity contribution in [3.63, 3.8) is 0 Å². The maximum Gasteiger partial charge on any atom is 0.0541 e. The molecule has 0 bridgehead atoms. The van der Waals surface area contributed by atoms with Gasteiger partial charge >= 0.3 is 0 Å². The van der Waals surface area contributed by atoms with Crippen LogP contribution in [0.25, 0.3) is 0 Å². The van der Waals surface area contributed by atoms with E-state index in [1.807, 2.05) is 0 Å². The van der Waals surface area contributed by atoms with Crippen molar-refractivity contribution in [2.24, 2.45) is 0 Å². The van der Waals surface area contributed by atoms with E-state index in [4.69, 9.17) is 0 Å². The van der Waals surface area contributed by atoms with E-state index in [1.165, 1.54) is 25.8 Å². The van der Waals surface area contributed by atoms with E-state index < -0.39 is 0 Å². The molecule has 0 aromatic carbocycles. The third kappa shape index (κ3) is 1.50. The van der Waals surface area contributed by atoms with E-state index in [0.717, 1.165) is 24.9 Å². The second-order valence-corrected chi connectivity index (χ2v) is 4.34. The Kier molecular flexibility index (Phi) is 2.37. The molecule has 1 saturated heterocycles. The Hall–Kier alpha value is -0.0800. The first-order valence-corrected chi connectivity index (χ1v) is 5.21. The van der Waals surface area contributed by atoms with Gasteiger partial charge in [-0.3, -0.25) is 4.90 Å². The largest absolute Gasteiger partial charge is 0.393 e. The number of aliphatic hydroxyl groups is 1. The molecule has 2 heteroatoms. The molecule has 0 aromatic rings. The third-order valence-electron chi connectivity index (χ3n) is 3.51. The molecule has 0 aromatic heterocycles. The lowest BCUT2D eigenvalue weighted by Gasteiger charge is -2.46. The van der Waals surface area contributed by atoms with Crippen molar-refractivity contribution in [1.29, 1.82) is 0 Å². The van der Waals surface area contributed by atoms with Crippen molar-refractivity contribution in [3.05, 3.63) is 0 Å². The summed E-state index contributed by atoms with van der Waals surface area (Å²) in [4.78, 5) is 2.60. The first-order valence-electron chi connectivity index (χ1n) is 5.21. The van der Waals surface area contributed by atoms with Crippen LogP contribution >= 0.6 is 0 Å². The molecule has 2 fully saturated rings. The lowest BCUT2D eigenvalue weighted by Crippen LogP contribution is -2.52. The fourth-order valence-corrected chi connectivity index (χ4v) is 2.47. The number of nitrogens with zero attached hydrogens (tertiary/aromatic N) is 1. The summed E-state index contributed by atoms with van der Waals surface area (Å²) < 4.78 is 0. The van der Waals surface area contributed by atoms with Crippen molar-refractivity contribution in [3.8, 4) is 0 Å². The molecular weight excluding hydrogens is 150 g/mol. The fourth-order valence-electron chi connectivity index (χ4n) is 2.47. The molecule has 0 radical (unpaired) electrons. The molecule has 1 heterocycles. The first kappa shape index (κ1) is 8.52. The summed E-state index contributed by atoms with van der Waals surface area (Å²) in [5, 5.41) is 9.35. The molecule has 1 unspecified atom stereocenters. The minimum absolute atomic E-state index is 0.00201. The number of rotatable bonds is 1. The molecule has 1 saturated carbocycles. The van der Waals surface area contributed by atoms with Gasteiger partial charge in [-0.15, -0.1) is 0 Å². The molecule has 1 N–H and O–H groups in total. The van der Waals surface area contributed by atoms with Crippen molar-refractivity contribution < 1.29 is 5.11 Å². The highest BCUT2D eigenvalue weighted by Gasteiger charge is 2.32. The van der Waals surface area contributed by atoms with Crippen LogP contribution in [0.15, 0.2) is 0 Å². The van der Waals surface area contributed by atoms with E-state index in [1.54, 1.807) is 0 Å². The Bertz CT molecular complexity index is 152. The van der Waals surface area contributed by atoms with Gasteiger partial charge in [-0.1, -0.05) is 0 Å². The molecular formula is C10H19NO. The Morgan fingerprint density at radius 3 is 2.17 bits per heavy atom. The SMILES string of the molecule is CC1CCN1C1CCC(O)CC1. The minimum atomic E-state index is -0.00201. The quantitative estimate of drug-likeness (QED) is 0.641. The Morgan fingerprint density at radius 1 is 1.08 bits per heavy atom. The van der Waals surface area contributed by atoms with Crippen molar-refractivity contribution in [2.75, 3.05) is 6.54 Å². The second-order valence-electron chi connectivity index (χ2n) is 4.34. The molecule has 1 atom stereocenters. The van der Waals surface area contributed by atoms with E-state index in [9.17, 15) is 5.11 Å². The zero-order valence-corrected chi connectivity index (χ0v) is 7.87. The highest BCUT2D eigenvalue weighted by Crippen LogP contribution is 2.29. The summed E-state index contributed by atoms with van der Waals surface area (Å²) >= 11 is 0. The minimum Gasteiger partial charge on any atom is -0.393 e. The van der Waals surface area contributed by atoms with Crippen LogP contribution in [-0.4, -0.2) is 34.7 Å². The van der Waals surface area contributed by atoms with Crippen LogP contribution in [0.1, 0.15) is 39.0 Å². The van der Waals surface area contributed by atoms with Crippen molar-refractivity contribution in [2.45, 2.75) is 57.2 Å². The average molecular weight is 169 g/mol. The highest BCUT2D eigenvalue weighted by molar-refractivity contribution is 4.88. The van der Waals surface area contributed by atoms with Crippen LogP contribution in [0.3, 0.4) is 0 Å². The molecule has 12 heavy (non-hydrogen) atoms. The van der Waals surface area contributed by atoms with Crippen molar-refractivity contribution >= 4 is 0 Å². The Labute approximate surface area is 74.6 Å². The van der Waals surface area contributed by atoms with Crippen LogP contribution in [0.2, 0.25) is 0 Å². The normalized spacial score (nSPS) is 44.0. The molecule has 1 aliphatic heterocycles. The van der Waals surface area contributed by atoms with Crippen LogP contribution in [0.5, 0.6) is 0 Å². The van der Waals surface area contributed by atoms with Gasteiger partial charge in [0.05, 0.1) is 6.10 Å². The summed E-state index contributed by atoms with van der Waals surface area (Å²) in [6.07, 6.45) is 5.84. The summed E-state index contributed by atoms with van der Waals surface area (Å²) in [6.45, 7) is 3.61. The van der Waals surface area contributed by atoms with Crippen molar-refractivity contribution in [1.82, 2.24) is 4.90 Å². The van der Waals surface area contributed by atoms with E-state index >= 15 is 0 Å². The van der Waals surface area contributed by atoms with E-state index in [-0.39, 0.29) is 6.10 Å². The maximum atomic E-state index is 9.35. The standard InChI is InChI=1S/C10H19NO/c1-8-6-7-11(8)9-2-4-10(12)5-3-9/h8-10,12H,2-7H2,1H3. The lowest BCUT2D eigenvalue weighted by atomic mass is 9.88. The zero-order chi connectivity index (χ0) is 8.55. The molecule has 0 spiro atoms. The molecule has 2 rings (SSSR count). The van der Waals surface area contributed by atoms with Gasteiger partial charge in [0.1, 0.15) is 0 Å². The summed E-state index contributed by atoms with van der Waals surface area (Å²) in [7, 11) is 0. The van der Waals surface area contributed by atoms with Gasteiger partial charge in [0.2, 0.25) is 0 Å². The number of aliphatic hydroxyl groups excluding tert-OH is 1. The summed E-state index contributed by atoms with van der Waals surface area (Å²) in [5.41, 5.74) is 0. The third-order valence-corrected chi connectivity index (χ3v) is 3.51. The molecule has 2 aliphatic rings. The first-order chi connectivity index (χ1) is 5.77. The topological polar surface area (TPSA) is 23.5 Å². The second kappa shape index (κ2) is 3.35. The van der Waals surface area contributed by atoms with Crippen LogP contribution < -0.4 is 0 Å². The Balaban J connectivity index is 1.81. The monoisotopic (exact) mass is 169 g/mol. The summed E-state index contributed by atoms with van der Waals surface area (Å²) in [5.74, 6) is 0. The molecule has 2 nitrogen and oxygen atoms in total. The van der Waals surface area contributed by atoms with Crippen LogP contribution in [-0.2, 0) is 0 Å². The van der Waals surface area contributed by atoms with Crippen LogP contribution in [0, 0.1) is 0 Å². The Morgan fingerprint density at radius 2 is 1.75 bits per heavy atom. The molecule has 1 aliphatic carbocycles. The van der Waals surface area contributed by atoms with Crippen LogP contribution in [0.4, 0.5) is 0 Å². The van der Waals surface area contributed by atoms with Gasteiger partial charge in [-0.2, -0.15) is 0 Å². The predicted molar refractivity (Wildman–Crippen MR) is 49.0 cm³/mol. The van der Waals surface area contributed by atoms with E-state index in [0.29, 0.717) is 0 Å². The van der Waals surface area contributed by atoms with Gasteiger partial charge in [0.15, 0.2) is 0 Å². The summed E-state index contributed by atoms with van der Waals surface area (Å²) in [6, 6.07) is 1.60. The fraction of sp³-hybridized carbons (Fsp3) is 1.00. The van der Waals surface area contributed by atoms with Gasteiger partial charge in [-0.05, 0) is 39.0 Å². The maximum absolute atomic E-state index is 9.35. The average Bonchev–Trinajstić information content (AvgIpc) is 2.06. The molecule has 0 amide bonds. The lowest BCUT2D eigenvalue weighted by molar-refractivity contribution is 0.00832. The van der Waals surface area contributed by atoms with Gasteiger partial charge in [0, 0.05) is 18.6 Å². The van der Waals surface area contributed by atoms with Gasteiger partial charge in [0.25, 0.3) is 0 Å². The molecule has 70 valence electrons. The van der Waals surface area contributed by atoms with Gasteiger partial charge in [-0.25, -0.2) is 0 Å². The highest BCUT2D eigenvalue weighted by atomic mass is 16.3. The number of hydrogen-bond acceptors (Lipinski definition) is 2. The zero-order valence-electron chi connectivity index (χ0n) is 7.87. The predicted octanol–water partition coefficient (Wildman–Crippen LogP) is 1.38.